The molecule has 0 radical (unpaired) electrons. The van der Waals surface area contributed by atoms with Gasteiger partial charge in [-0.25, -0.2) is 4.39 Å². The molecule has 0 saturated carbocycles. The summed E-state index contributed by atoms with van der Waals surface area (Å²) in [6.45, 7) is 3.52. The Balaban J connectivity index is 3.05. The van der Waals surface area contributed by atoms with E-state index in [1.54, 1.807) is 0 Å². The maximum absolute atomic E-state index is 12.7. The Bertz CT molecular complexity index is 256. The molecule has 0 N–H and O–H groups in total. The molecule has 11 heavy (non-hydrogen) atoms. The van der Waals surface area contributed by atoms with E-state index in [-0.39, 0.29) is 0 Å². The van der Waals surface area contributed by atoms with Gasteiger partial charge in [-0.3, -0.25) is 0 Å². The van der Waals surface area contributed by atoms with Gasteiger partial charge in [0.1, 0.15) is 6.17 Å². The van der Waals surface area contributed by atoms with E-state index in [4.69, 9.17) is 0 Å². The van der Waals surface area contributed by atoms with Crippen molar-refractivity contribution in [3.8, 4) is 0 Å². The quantitative estimate of drug-likeness (QED) is 0.671. The molecule has 2 heteroatoms. The Morgan fingerprint density at radius 1 is 1.45 bits per heavy atom. The van der Waals surface area contributed by atoms with E-state index < -0.39 is 6.17 Å². The highest BCUT2D eigenvalue weighted by molar-refractivity contribution is 9.10. The van der Waals surface area contributed by atoms with Crippen LogP contribution in [0, 0.1) is 6.92 Å². The summed E-state index contributed by atoms with van der Waals surface area (Å²) in [6, 6.07) is 5.54. The first kappa shape index (κ1) is 8.72. The van der Waals surface area contributed by atoms with E-state index in [1.165, 1.54) is 6.92 Å². The Kier molecular flexibility index (Phi) is 2.66. The third-order valence-corrected chi connectivity index (χ3v) is 2.51. The van der Waals surface area contributed by atoms with Gasteiger partial charge >= 0.3 is 0 Å². The van der Waals surface area contributed by atoms with Crippen LogP contribution < -0.4 is 0 Å². The third-order valence-electron chi connectivity index (χ3n) is 1.66. The zero-order chi connectivity index (χ0) is 8.43. The first-order chi connectivity index (χ1) is 5.11. The van der Waals surface area contributed by atoms with E-state index >= 15 is 0 Å². The SMILES string of the molecule is Cc1ccc(C(C)F)cc1Br. The molecule has 1 aromatic carbocycles. The number of benzene rings is 1. The maximum Gasteiger partial charge on any atom is 0.122 e. The van der Waals surface area contributed by atoms with Gasteiger partial charge in [0.15, 0.2) is 0 Å². The first-order valence-corrected chi connectivity index (χ1v) is 4.30. The molecule has 0 amide bonds. The fraction of sp³-hybridized carbons (Fsp3) is 0.333. The van der Waals surface area contributed by atoms with Gasteiger partial charge in [0, 0.05) is 4.47 Å². The highest BCUT2D eigenvalue weighted by Crippen LogP contribution is 2.23. The van der Waals surface area contributed by atoms with Gasteiger partial charge < -0.3 is 0 Å². The second-order valence-electron chi connectivity index (χ2n) is 2.62. The van der Waals surface area contributed by atoms with Crippen LogP contribution in [0.25, 0.3) is 0 Å². The van der Waals surface area contributed by atoms with E-state index in [0.29, 0.717) is 0 Å². The zero-order valence-corrected chi connectivity index (χ0v) is 8.15. The highest BCUT2D eigenvalue weighted by Gasteiger charge is 2.03. The van der Waals surface area contributed by atoms with Gasteiger partial charge in [-0.2, -0.15) is 0 Å². The molecule has 1 atom stereocenters. The molecule has 1 aromatic rings. The van der Waals surface area contributed by atoms with Crippen LogP contribution in [0.3, 0.4) is 0 Å². The molecule has 1 rings (SSSR count). The van der Waals surface area contributed by atoms with Crippen molar-refractivity contribution in [3.05, 3.63) is 33.8 Å². The van der Waals surface area contributed by atoms with Crippen LogP contribution in [0.2, 0.25) is 0 Å². The molecule has 0 fully saturated rings. The fourth-order valence-corrected chi connectivity index (χ4v) is 1.25. The molecule has 0 aliphatic heterocycles. The van der Waals surface area contributed by atoms with Crippen molar-refractivity contribution < 1.29 is 4.39 Å². The number of alkyl halides is 1. The summed E-state index contributed by atoms with van der Waals surface area (Å²) >= 11 is 3.35. The predicted octanol–water partition coefficient (Wildman–Crippen LogP) is 3.79. The van der Waals surface area contributed by atoms with Crippen molar-refractivity contribution in [1.82, 2.24) is 0 Å². The van der Waals surface area contributed by atoms with Crippen molar-refractivity contribution in [2.24, 2.45) is 0 Å². The van der Waals surface area contributed by atoms with Crippen LogP contribution in [0.4, 0.5) is 4.39 Å². The van der Waals surface area contributed by atoms with Crippen molar-refractivity contribution in [2.75, 3.05) is 0 Å². The zero-order valence-electron chi connectivity index (χ0n) is 6.57. The predicted molar refractivity (Wildman–Crippen MR) is 48.4 cm³/mol. The molecule has 0 aliphatic carbocycles. The van der Waals surface area contributed by atoms with Gasteiger partial charge in [0.25, 0.3) is 0 Å². The first-order valence-electron chi connectivity index (χ1n) is 3.51. The third kappa shape index (κ3) is 2.03. The summed E-state index contributed by atoms with van der Waals surface area (Å²) in [5.41, 5.74) is 1.86. The summed E-state index contributed by atoms with van der Waals surface area (Å²) in [4.78, 5) is 0. The van der Waals surface area contributed by atoms with Gasteiger partial charge in [-0.05, 0) is 31.0 Å². The number of hydrogen-bond acceptors (Lipinski definition) is 0. The van der Waals surface area contributed by atoms with Gasteiger partial charge in [0.2, 0.25) is 0 Å². The average molecular weight is 217 g/mol. The number of halogens is 2. The summed E-state index contributed by atoms with van der Waals surface area (Å²) in [6.07, 6.45) is -0.883. The van der Waals surface area contributed by atoms with Crippen LogP contribution >= 0.6 is 15.9 Å². The van der Waals surface area contributed by atoms with Crippen molar-refractivity contribution in [1.29, 1.82) is 0 Å². The van der Waals surface area contributed by atoms with Crippen LogP contribution in [0.15, 0.2) is 22.7 Å². The Hall–Kier alpha value is -0.370. The van der Waals surface area contributed by atoms with Gasteiger partial charge in [-0.15, -0.1) is 0 Å². The number of aryl methyl sites for hydroxylation is 1. The topological polar surface area (TPSA) is 0 Å². The molecule has 0 saturated heterocycles. The average Bonchev–Trinajstić information content (AvgIpc) is 1.94. The van der Waals surface area contributed by atoms with Crippen LogP contribution in [-0.4, -0.2) is 0 Å². The van der Waals surface area contributed by atoms with Crippen molar-refractivity contribution in [2.45, 2.75) is 20.0 Å². The van der Waals surface area contributed by atoms with E-state index in [9.17, 15) is 4.39 Å². The Morgan fingerprint density at radius 2 is 2.09 bits per heavy atom. The second kappa shape index (κ2) is 3.35. The van der Waals surface area contributed by atoms with Crippen molar-refractivity contribution in [3.63, 3.8) is 0 Å². The lowest BCUT2D eigenvalue weighted by molar-refractivity contribution is 0.374. The largest absolute Gasteiger partial charge is 0.243 e. The fourth-order valence-electron chi connectivity index (χ4n) is 0.857. The van der Waals surface area contributed by atoms with Crippen LogP contribution in [-0.2, 0) is 0 Å². The van der Waals surface area contributed by atoms with Gasteiger partial charge in [0.05, 0.1) is 0 Å². The second-order valence-corrected chi connectivity index (χ2v) is 3.48. The molecule has 0 aromatic heterocycles. The summed E-state index contributed by atoms with van der Waals surface area (Å²) < 4.78 is 13.7. The number of hydrogen-bond donors (Lipinski definition) is 0. The van der Waals surface area contributed by atoms with Crippen LogP contribution in [0.1, 0.15) is 24.2 Å². The molecule has 1 unspecified atom stereocenters. The monoisotopic (exact) mass is 216 g/mol. The van der Waals surface area contributed by atoms with Gasteiger partial charge in [-0.1, -0.05) is 28.1 Å². The molecule has 0 heterocycles. The Labute approximate surface area is 74.6 Å². The lowest BCUT2D eigenvalue weighted by Crippen LogP contribution is -1.86. The number of rotatable bonds is 1. The molecular weight excluding hydrogens is 207 g/mol. The summed E-state index contributed by atoms with van der Waals surface area (Å²) in [7, 11) is 0. The molecule has 0 spiro atoms. The Morgan fingerprint density at radius 3 is 2.55 bits per heavy atom. The highest BCUT2D eigenvalue weighted by atomic mass is 79.9. The lowest BCUT2D eigenvalue weighted by Gasteiger charge is -2.03. The minimum Gasteiger partial charge on any atom is -0.243 e. The minimum absolute atomic E-state index is 0.725. The van der Waals surface area contributed by atoms with E-state index in [2.05, 4.69) is 15.9 Å². The minimum atomic E-state index is -0.883. The summed E-state index contributed by atoms with van der Waals surface area (Å²) in [5, 5.41) is 0. The lowest BCUT2D eigenvalue weighted by atomic mass is 10.1. The molecule has 60 valence electrons. The van der Waals surface area contributed by atoms with E-state index in [1.807, 2.05) is 25.1 Å². The molecule has 0 bridgehead atoms. The molecular formula is C9H10BrF. The van der Waals surface area contributed by atoms with E-state index in [0.717, 1.165) is 15.6 Å². The maximum atomic E-state index is 12.7. The molecule has 0 nitrogen and oxygen atoms in total. The van der Waals surface area contributed by atoms with Crippen LogP contribution in [0.5, 0.6) is 0 Å². The van der Waals surface area contributed by atoms with Crippen molar-refractivity contribution >= 4 is 15.9 Å². The standard InChI is InChI=1S/C9H10BrF/c1-6-3-4-8(7(2)11)5-9(6)10/h3-5,7H,1-2H3. The normalized spacial score (nSPS) is 13.1. The smallest absolute Gasteiger partial charge is 0.122 e. The summed E-state index contributed by atoms with van der Waals surface area (Å²) in [5.74, 6) is 0. The molecule has 0 aliphatic rings.